The first kappa shape index (κ1) is 16.1. The molecule has 0 aliphatic carbocycles. The van der Waals surface area contributed by atoms with Gasteiger partial charge in [0, 0.05) is 31.7 Å². The van der Waals surface area contributed by atoms with Gasteiger partial charge >= 0.3 is 5.69 Å². The second-order valence-corrected chi connectivity index (χ2v) is 7.15. The van der Waals surface area contributed by atoms with Crippen LogP contribution in [0.3, 0.4) is 0 Å². The molecule has 118 valence electrons. The molecule has 0 aromatic carbocycles. The van der Waals surface area contributed by atoms with E-state index in [-0.39, 0.29) is 28.7 Å². The summed E-state index contributed by atoms with van der Waals surface area (Å²) in [5.74, 6) is 0.152. The lowest BCUT2D eigenvalue weighted by Gasteiger charge is -2.37. The number of anilines is 1. The predicted octanol–water partition coefficient (Wildman–Crippen LogP) is 0.555. The van der Waals surface area contributed by atoms with Crippen LogP contribution in [0.5, 0.6) is 0 Å². The fraction of sp³-hybridized carbons (Fsp3) is 0.500. The van der Waals surface area contributed by atoms with Gasteiger partial charge in [-0.3, -0.25) is 10.1 Å². The maximum absolute atomic E-state index is 11.6. The molecule has 0 saturated carbocycles. The molecule has 0 atom stereocenters. The van der Waals surface area contributed by atoms with Gasteiger partial charge < -0.3 is 5.32 Å². The van der Waals surface area contributed by atoms with Crippen LogP contribution >= 0.6 is 0 Å². The molecule has 0 bridgehead atoms. The normalized spacial score (nSPS) is 15.8. The van der Waals surface area contributed by atoms with Crippen LogP contribution in [0.25, 0.3) is 0 Å². The summed E-state index contributed by atoms with van der Waals surface area (Å²) in [6, 6.07) is 3.04. The predicted molar refractivity (Wildman–Crippen MR) is 78.6 cm³/mol. The van der Waals surface area contributed by atoms with Crippen molar-refractivity contribution in [3.63, 3.8) is 0 Å². The monoisotopic (exact) mass is 325 g/mol. The standard InChI is InChI=1S/C12H15N5O4S/c1-2-22(20,21)16-7-9(8-16)6-15-12-11(17(18)19)10(5-13)3-4-14-12/h3-4,9H,2,6-8H2,1H3,(H,14,15). The lowest BCUT2D eigenvalue weighted by atomic mass is 10.0. The summed E-state index contributed by atoms with van der Waals surface area (Å²) in [6.07, 6.45) is 1.32. The van der Waals surface area contributed by atoms with Gasteiger partial charge in [-0.2, -0.15) is 5.26 Å². The van der Waals surface area contributed by atoms with E-state index in [0.29, 0.717) is 19.6 Å². The van der Waals surface area contributed by atoms with Crippen molar-refractivity contribution >= 4 is 21.5 Å². The molecule has 0 unspecified atom stereocenters. The van der Waals surface area contributed by atoms with Gasteiger partial charge in [0.15, 0.2) is 0 Å². The van der Waals surface area contributed by atoms with Crippen molar-refractivity contribution in [2.75, 3.05) is 30.7 Å². The highest BCUT2D eigenvalue weighted by Gasteiger charge is 2.34. The van der Waals surface area contributed by atoms with Gasteiger partial charge in [0.05, 0.1) is 10.7 Å². The van der Waals surface area contributed by atoms with E-state index < -0.39 is 14.9 Å². The lowest BCUT2D eigenvalue weighted by molar-refractivity contribution is -0.384. The zero-order valence-electron chi connectivity index (χ0n) is 11.9. The summed E-state index contributed by atoms with van der Waals surface area (Å²) in [6.45, 7) is 2.71. The van der Waals surface area contributed by atoms with Crippen molar-refractivity contribution in [1.82, 2.24) is 9.29 Å². The third-order valence-electron chi connectivity index (χ3n) is 3.47. The van der Waals surface area contributed by atoms with Crippen LogP contribution < -0.4 is 5.32 Å². The Morgan fingerprint density at radius 2 is 2.27 bits per heavy atom. The SMILES string of the molecule is CCS(=O)(=O)N1CC(CNc2nccc(C#N)c2[N+](=O)[O-])C1. The molecule has 2 heterocycles. The maximum Gasteiger partial charge on any atom is 0.328 e. The molecule has 0 amide bonds. The maximum atomic E-state index is 11.6. The minimum atomic E-state index is -3.17. The second-order valence-electron chi connectivity index (χ2n) is 4.89. The van der Waals surface area contributed by atoms with Gasteiger partial charge in [-0.05, 0) is 13.0 Å². The van der Waals surface area contributed by atoms with Crippen molar-refractivity contribution < 1.29 is 13.3 Å². The van der Waals surface area contributed by atoms with Crippen LogP contribution in [0.15, 0.2) is 12.3 Å². The zero-order valence-corrected chi connectivity index (χ0v) is 12.7. The van der Waals surface area contributed by atoms with E-state index in [1.165, 1.54) is 16.6 Å². The van der Waals surface area contributed by atoms with Crippen molar-refractivity contribution in [2.24, 2.45) is 5.92 Å². The zero-order chi connectivity index (χ0) is 16.3. The average Bonchev–Trinajstić information content (AvgIpc) is 2.44. The first-order chi connectivity index (χ1) is 10.4. The van der Waals surface area contributed by atoms with Gasteiger partial charge in [0.1, 0.15) is 11.6 Å². The van der Waals surface area contributed by atoms with E-state index in [0.717, 1.165) is 0 Å². The number of hydrogen-bond acceptors (Lipinski definition) is 7. The topological polar surface area (TPSA) is 129 Å². The van der Waals surface area contributed by atoms with E-state index in [1.54, 1.807) is 13.0 Å². The Morgan fingerprint density at radius 1 is 1.59 bits per heavy atom. The average molecular weight is 325 g/mol. The van der Waals surface area contributed by atoms with E-state index in [2.05, 4.69) is 10.3 Å². The number of aromatic nitrogens is 1. The Balaban J connectivity index is 2.00. The molecule has 1 saturated heterocycles. The Labute approximate surface area is 127 Å². The molecule has 22 heavy (non-hydrogen) atoms. The smallest absolute Gasteiger partial charge is 0.328 e. The molecule has 10 heteroatoms. The first-order valence-electron chi connectivity index (χ1n) is 6.64. The largest absolute Gasteiger partial charge is 0.364 e. The minimum absolute atomic E-state index is 0.0286. The van der Waals surface area contributed by atoms with Crippen molar-refractivity contribution in [2.45, 2.75) is 6.92 Å². The molecular formula is C12H15N5O4S. The number of nitrogens with one attached hydrogen (secondary N) is 1. The summed E-state index contributed by atoms with van der Waals surface area (Å²) >= 11 is 0. The number of pyridine rings is 1. The summed E-state index contributed by atoms with van der Waals surface area (Å²) in [5.41, 5.74) is -0.423. The molecule has 0 radical (unpaired) electrons. The van der Waals surface area contributed by atoms with Crippen molar-refractivity contribution in [3.05, 3.63) is 27.9 Å². The quantitative estimate of drug-likeness (QED) is 0.597. The molecular weight excluding hydrogens is 310 g/mol. The summed E-state index contributed by atoms with van der Waals surface area (Å²) in [7, 11) is -3.17. The minimum Gasteiger partial charge on any atom is -0.364 e. The Hall–Kier alpha value is -2.25. The highest BCUT2D eigenvalue weighted by molar-refractivity contribution is 7.89. The van der Waals surface area contributed by atoms with E-state index in [9.17, 15) is 18.5 Å². The Morgan fingerprint density at radius 3 is 2.82 bits per heavy atom. The highest BCUT2D eigenvalue weighted by Crippen LogP contribution is 2.27. The molecule has 1 fully saturated rings. The number of nitrogens with zero attached hydrogens (tertiary/aromatic N) is 4. The summed E-state index contributed by atoms with van der Waals surface area (Å²) in [5, 5.41) is 22.8. The van der Waals surface area contributed by atoms with Crippen LogP contribution in [-0.4, -0.2) is 48.0 Å². The lowest BCUT2D eigenvalue weighted by Crippen LogP contribution is -2.52. The Kier molecular flexibility index (Phi) is 4.58. The second kappa shape index (κ2) is 6.25. The van der Waals surface area contributed by atoms with Gasteiger partial charge in [0.2, 0.25) is 15.8 Å². The highest BCUT2D eigenvalue weighted by atomic mass is 32.2. The molecule has 1 N–H and O–H groups in total. The van der Waals surface area contributed by atoms with Crippen molar-refractivity contribution in [3.8, 4) is 6.07 Å². The molecule has 9 nitrogen and oxygen atoms in total. The van der Waals surface area contributed by atoms with Crippen LogP contribution in [-0.2, 0) is 10.0 Å². The number of nitro groups is 1. The van der Waals surface area contributed by atoms with Crippen LogP contribution in [0.2, 0.25) is 0 Å². The van der Waals surface area contributed by atoms with Crippen molar-refractivity contribution in [1.29, 1.82) is 5.26 Å². The number of sulfonamides is 1. The number of nitriles is 1. The molecule has 1 aliphatic rings. The van der Waals surface area contributed by atoms with Gasteiger partial charge in [-0.25, -0.2) is 17.7 Å². The third-order valence-corrected chi connectivity index (χ3v) is 5.28. The third kappa shape index (κ3) is 3.15. The molecule has 1 aromatic rings. The fourth-order valence-corrected chi connectivity index (χ4v) is 3.40. The van der Waals surface area contributed by atoms with Crippen LogP contribution in [0.1, 0.15) is 12.5 Å². The summed E-state index contributed by atoms with van der Waals surface area (Å²) in [4.78, 5) is 14.3. The van der Waals surface area contributed by atoms with Gasteiger partial charge in [-0.15, -0.1) is 0 Å². The number of hydrogen-bond donors (Lipinski definition) is 1. The van der Waals surface area contributed by atoms with Crippen LogP contribution in [0, 0.1) is 27.4 Å². The molecule has 1 aromatic heterocycles. The number of rotatable bonds is 6. The molecule has 2 rings (SSSR count). The fourth-order valence-electron chi connectivity index (χ4n) is 2.16. The van der Waals surface area contributed by atoms with Gasteiger partial charge in [-0.1, -0.05) is 0 Å². The van der Waals surface area contributed by atoms with E-state index >= 15 is 0 Å². The first-order valence-corrected chi connectivity index (χ1v) is 8.25. The Bertz CT molecular complexity index is 722. The van der Waals surface area contributed by atoms with Crippen LogP contribution in [0.4, 0.5) is 11.5 Å². The van der Waals surface area contributed by atoms with Gasteiger partial charge in [0.25, 0.3) is 0 Å². The molecule has 0 spiro atoms. The molecule has 1 aliphatic heterocycles. The van der Waals surface area contributed by atoms with E-state index in [4.69, 9.17) is 5.26 Å². The summed E-state index contributed by atoms with van der Waals surface area (Å²) < 4.78 is 24.6. The van der Waals surface area contributed by atoms with E-state index in [1.807, 2.05) is 0 Å².